The second kappa shape index (κ2) is 6.16. The molecule has 0 atom stereocenters. The lowest BCUT2D eigenvalue weighted by Gasteiger charge is -2.06. The highest BCUT2D eigenvalue weighted by Crippen LogP contribution is 2.19. The van der Waals surface area contributed by atoms with Crippen molar-refractivity contribution in [3.05, 3.63) is 5.15 Å². The fraction of sp³-hybridized carbons (Fsp3) is 0.750. The van der Waals surface area contributed by atoms with Gasteiger partial charge in [0, 0.05) is 6.61 Å². The Labute approximate surface area is 92.5 Å². The summed E-state index contributed by atoms with van der Waals surface area (Å²) in [5.74, 6) is 0.935. The SMILES string of the molecule is CC(C)COCCOc1nsnc1Cl. The molecule has 1 aromatic heterocycles. The van der Waals surface area contributed by atoms with Crippen LogP contribution < -0.4 is 4.74 Å². The first-order valence-corrected chi connectivity index (χ1v) is 5.49. The molecule has 14 heavy (non-hydrogen) atoms. The van der Waals surface area contributed by atoms with E-state index in [2.05, 4.69) is 22.6 Å². The molecule has 0 saturated carbocycles. The van der Waals surface area contributed by atoms with Crippen LogP contribution in [0.5, 0.6) is 5.88 Å². The maximum absolute atomic E-state index is 5.67. The zero-order valence-corrected chi connectivity index (χ0v) is 9.77. The molecule has 0 aliphatic heterocycles. The van der Waals surface area contributed by atoms with E-state index in [4.69, 9.17) is 21.1 Å². The highest BCUT2D eigenvalue weighted by molar-refractivity contribution is 6.99. The summed E-state index contributed by atoms with van der Waals surface area (Å²) >= 11 is 6.71. The van der Waals surface area contributed by atoms with Gasteiger partial charge in [-0.2, -0.15) is 4.37 Å². The summed E-state index contributed by atoms with van der Waals surface area (Å²) in [6.07, 6.45) is 0. The molecule has 0 aromatic carbocycles. The van der Waals surface area contributed by atoms with Crippen LogP contribution in [-0.2, 0) is 4.74 Å². The summed E-state index contributed by atoms with van der Waals surface area (Å²) < 4.78 is 18.2. The molecule has 1 rings (SSSR count). The number of halogens is 1. The van der Waals surface area contributed by atoms with Gasteiger partial charge >= 0.3 is 0 Å². The Morgan fingerprint density at radius 3 is 2.71 bits per heavy atom. The van der Waals surface area contributed by atoms with E-state index in [1.807, 2.05) is 0 Å². The molecule has 0 fully saturated rings. The zero-order valence-electron chi connectivity index (χ0n) is 8.20. The molecule has 6 heteroatoms. The minimum Gasteiger partial charge on any atom is -0.472 e. The second-order valence-corrected chi connectivity index (χ2v) is 4.06. The van der Waals surface area contributed by atoms with Crippen LogP contribution in [0.1, 0.15) is 13.8 Å². The number of nitrogens with zero attached hydrogens (tertiary/aromatic N) is 2. The normalized spacial score (nSPS) is 10.9. The molecule has 0 saturated heterocycles. The topological polar surface area (TPSA) is 44.2 Å². The average Bonchev–Trinajstić information content (AvgIpc) is 2.51. The molecule has 0 radical (unpaired) electrons. The van der Waals surface area contributed by atoms with E-state index in [0.717, 1.165) is 18.3 Å². The summed E-state index contributed by atoms with van der Waals surface area (Å²) in [6.45, 7) is 5.94. The van der Waals surface area contributed by atoms with Gasteiger partial charge in [-0.3, -0.25) is 0 Å². The van der Waals surface area contributed by atoms with Crippen molar-refractivity contribution in [3.8, 4) is 5.88 Å². The van der Waals surface area contributed by atoms with E-state index in [1.54, 1.807) is 0 Å². The molecule has 0 unspecified atom stereocenters. The third-order valence-electron chi connectivity index (χ3n) is 1.34. The Morgan fingerprint density at radius 1 is 1.36 bits per heavy atom. The molecule has 0 spiro atoms. The third kappa shape index (κ3) is 4.21. The number of rotatable bonds is 6. The molecule has 1 heterocycles. The van der Waals surface area contributed by atoms with Gasteiger partial charge in [0.1, 0.15) is 6.61 Å². The number of hydrogen-bond acceptors (Lipinski definition) is 5. The first kappa shape index (κ1) is 11.7. The molecule has 80 valence electrons. The van der Waals surface area contributed by atoms with E-state index in [1.165, 1.54) is 0 Å². The molecule has 0 amide bonds. The van der Waals surface area contributed by atoms with Gasteiger partial charge in [-0.15, -0.1) is 4.37 Å². The summed E-state index contributed by atoms with van der Waals surface area (Å²) in [4.78, 5) is 0. The molecule has 0 aliphatic carbocycles. The van der Waals surface area contributed by atoms with Crippen LogP contribution in [0.2, 0.25) is 5.15 Å². The van der Waals surface area contributed by atoms with Crippen molar-refractivity contribution in [1.82, 2.24) is 8.75 Å². The largest absolute Gasteiger partial charge is 0.472 e. The lowest BCUT2D eigenvalue weighted by molar-refractivity contribution is 0.0809. The van der Waals surface area contributed by atoms with E-state index in [-0.39, 0.29) is 0 Å². The molecular formula is C8H13ClN2O2S. The van der Waals surface area contributed by atoms with Crippen LogP contribution >= 0.6 is 23.3 Å². The molecule has 4 nitrogen and oxygen atoms in total. The molecule has 0 aliphatic rings. The van der Waals surface area contributed by atoms with Crippen molar-refractivity contribution in [2.75, 3.05) is 19.8 Å². The van der Waals surface area contributed by atoms with Gasteiger partial charge in [-0.05, 0) is 5.92 Å². The number of hydrogen-bond donors (Lipinski definition) is 0. The van der Waals surface area contributed by atoms with Crippen molar-refractivity contribution >= 4 is 23.3 Å². The van der Waals surface area contributed by atoms with Crippen molar-refractivity contribution in [2.24, 2.45) is 5.92 Å². The quantitative estimate of drug-likeness (QED) is 0.711. The van der Waals surface area contributed by atoms with Crippen LogP contribution in [0, 0.1) is 5.92 Å². The Hall–Kier alpha value is -0.390. The van der Waals surface area contributed by atoms with Gasteiger partial charge in [-0.1, -0.05) is 25.4 Å². The van der Waals surface area contributed by atoms with Crippen LogP contribution in [0.15, 0.2) is 0 Å². The van der Waals surface area contributed by atoms with Crippen LogP contribution in [0.4, 0.5) is 0 Å². The predicted molar refractivity (Wildman–Crippen MR) is 56.1 cm³/mol. The zero-order chi connectivity index (χ0) is 10.4. The predicted octanol–water partition coefficient (Wildman–Crippen LogP) is 2.24. The highest BCUT2D eigenvalue weighted by atomic mass is 35.5. The van der Waals surface area contributed by atoms with Crippen LogP contribution in [0.25, 0.3) is 0 Å². The first-order chi connectivity index (χ1) is 6.70. The van der Waals surface area contributed by atoms with Crippen LogP contribution in [-0.4, -0.2) is 28.6 Å². The van der Waals surface area contributed by atoms with Gasteiger partial charge in [0.05, 0.1) is 18.3 Å². The number of aromatic nitrogens is 2. The summed E-state index contributed by atoms with van der Waals surface area (Å²) in [5, 5.41) is 0.318. The minimum atomic E-state index is 0.318. The van der Waals surface area contributed by atoms with E-state index < -0.39 is 0 Å². The van der Waals surface area contributed by atoms with Gasteiger partial charge in [0.25, 0.3) is 5.88 Å². The Kier molecular flexibility index (Phi) is 5.14. The Morgan fingerprint density at radius 2 is 2.14 bits per heavy atom. The maximum Gasteiger partial charge on any atom is 0.265 e. The lowest BCUT2D eigenvalue weighted by atomic mass is 10.2. The standard InChI is InChI=1S/C8H13ClN2O2S/c1-6(2)5-12-3-4-13-8-7(9)10-14-11-8/h6H,3-5H2,1-2H3. The van der Waals surface area contributed by atoms with Gasteiger partial charge in [0.2, 0.25) is 5.15 Å². The molecule has 0 bridgehead atoms. The fourth-order valence-corrected chi connectivity index (χ4v) is 1.42. The van der Waals surface area contributed by atoms with Gasteiger partial charge < -0.3 is 9.47 Å². The maximum atomic E-state index is 5.67. The monoisotopic (exact) mass is 236 g/mol. The van der Waals surface area contributed by atoms with Crippen molar-refractivity contribution in [2.45, 2.75) is 13.8 Å². The van der Waals surface area contributed by atoms with Crippen LogP contribution in [0.3, 0.4) is 0 Å². The highest BCUT2D eigenvalue weighted by Gasteiger charge is 2.05. The lowest BCUT2D eigenvalue weighted by Crippen LogP contribution is -2.10. The molecular weight excluding hydrogens is 224 g/mol. The van der Waals surface area contributed by atoms with Gasteiger partial charge in [-0.25, -0.2) is 0 Å². The second-order valence-electron chi connectivity index (χ2n) is 3.18. The summed E-state index contributed by atoms with van der Waals surface area (Å²) in [7, 11) is 0. The third-order valence-corrected chi connectivity index (χ3v) is 2.20. The first-order valence-electron chi connectivity index (χ1n) is 4.38. The fourth-order valence-electron chi connectivity index (χ4n) is 0.772. The minimum absolute atomic E-state index is 0.318. The molecule has 1 aromatic rings. The van der Waals surface area contributed by atoms with E-state index in [9.17, 15) is 0 Å². The van der Waals surface area contributed by atoms with Crippen molar-refractivity contribution in [3.63, 3.8) is 0 Å². The smallest absolute Gasteiger partial charge is 0.265 e. The Balaban J connectivity index is 2.08. The van der Waals surface area contributed by atoms with E-state index in [0.29, 0.717) is 30.2 Å². The average molecular weight is 237 g/mol. The molecule has 0 N–H and O–H groups in total. The Bertz CT molecular complexity index is 268. The van der Waals surface area contributed by atoms with E-state index >= 15 is 0 Å². The number of ether oxygens (including phenoxy) is 2. The van der Waals surface area contributed by atoms with Crippen molar-refractivity contribution in [1.29, 1.82) is 0 Å². The van der Waals surface area contributed by atoms with Gasteiger partial charge in [0.15, 0.2) is 0 Å². The summed E-state index contributed by atoms with van der Waals surface area (Å²) in [6, 6.07) is 0. The van der Waals surface area contributed by atoms with Crippen molar-refractivity contribution < 1.29 is 9.47 Å². The summed E-state index contributed by atoms with van der Waals surface area (Å²) in [5.41, 5.74) is 0.